The van der Waals surface area contributed by atoms with Crippen molar-refractivity contribution in [2.24, 2.45) is 0 Å². The Balaban J connectivity index is 2.48. The molecule has 0 aromatic carbocycles. The number of rotatable bonds is 5. The monoisotopic (exact) mass is 228 g/mol. The van der Waals surface area contributed by atoms with Gasteiger partial charge in [-0.25, -0.2) is 8.78 Å². The van der Waals surface area contributed by atoms with E-state index in [2.05, 4.69) is 16.2 Å². The molecule has 1 rings (SSSR count). The van der Waals surface area contributed by atoms with Gasteiger partial charge in [0.25, 0.3) is 5.95 Å². The Bertz CT molecular complexity index is 399. The minimum Gasteiger partial charge on any atom is -0.368 e. The zero-order valence-electron chi connectivity index (χ0n) is 8.56. The maximum atomic E-state index is 13.0. The van der Waals surface area contributed by atoms with Gasteiger partial charge < -0.3 is 5.32 Å². The van der Waals surface area contributed by atoms with Gasteiger partial charge in [-0.15, -0.1) is 12.3 Å². The van der Waals surface area contributed by atoms with Crippen LogP contribution >= 0.6 is 0 Å². The van der Waals surface area contributed by atoms with Crippen molar-refractivity contribution >= 4 is 5.82 Å². The summed E-state index contributed by atoms with van der Waals surface area (Å²) in [5.41, 5.74) is 0. The van der Waals surface area contributed by atoms with Crippen molar-refractivity contribution in [1.82, 2.24) is 4.98 Å². The second kappa shape index (κ2) is 6.01. The van der Waals surface area contributed by atoms with E-state index in [-0.39, 0.29) is 5.82 Å². The Morgan fingerprint density at radius 2 is 2.00 bits per heavy atom. The fraction of sp³-hybridized carbons (Fsp3) is 0.364. The number of nitrogens with zero attached hydrogens (tertiary/aromatic N) is 1. The van der Waals surface area contributed by atoms with Gasteiger partial charge in [-0.1, -0.05) is 0 Å². The Hall–Kier alpha value is -1.70. The Morgan fingerprint density at radius 1 is 1.25 bits per heavy atom. The van der Waals surface area contributed by atoms with E-state index in [0.29, 0.717) is 25.5 Å². The summed E-state index contributed by atoms with van der Waals surface area (Å²) < 4.78 is 38.2. The molecule has 0 unspecified atom stereocenters. The lowest BCUT2D eigenvalue weighted by Gasteiger charge is -2.06. The number of aromatic nitrogens is 1. The molecule has 0 aliphatic heterocycles. The molecule has 2 nitrogen and oxygen atoms in total. The predicted molar refractivity (Wildman–Crippen MR) is 55.3 cm³/mol. The summed E-state index contributed by atoms with van der Waals surface area (Å²) in [5.74, 6) is -1.33. The summed E-state index contributed by atoms with van der Waals surface area (Å²) in [5, 5.41) is 2.58. The van der Waals surface area contributed by atoms with Crippen LogP contribution in [0.4, 0.5) is 19.0 Å². The molecule has 1 N–H and O–H groups in total. The van der Waals surface area contributed by atoms with E-state index in [0.717, 1.165) is 6.42 Å². The van der Waals surface area contributed by atoms with Crippen molar-refractivity contribution in [2.75, 3.05) is 11.9 Å². The minimum absolute atomic E-state index is 0.278. The van der Waals surface area contributed by atoms with E-state index < -0.39 is 17.6 Å². The normalized spacial score (nSPS) is 9.88. The molecule has 0 saturated heterocycles. The molecular formula is C11H11F3N2. The van der Waals surface area contributed by atoms with E-state index in [4.69, 9.17) is 6.42 Å². The first-order chi connectivity index (χ1) is 7.65. The highest BCUT2D eigenvalue weighted by molar-refractivity contribution is 5.35. The van der Waals surface area contributed by atoms with Crippen molar-refractivity contribution in [3.63, 3.8) is 0 Å². The average molecular weight is 228 g/mol. The number of unbranched alkanes of at least 4 members (excludes halogenated alkanes) is 2. The molecule has 1 heterocycles. The molecule has 0 atom stereocenters. The van der Waals surface area contributed by atoms with Crippen LogP contribution in [0, 0.1) is 29.9 Å². The van der Waals surface area contributed by atoms with E-state index in [1.54, 1.807) is 0 Å². The summed E-state index contributed by atoms with van der Waals surface area (Å²) in [6.45, 7) is 0.413. The minimum atomic E-state index is -1.31. The van der Waals surface area contributed by atoms with Crippen LogP contribution in [0.5, 0.6) is 0 Å². The molecule has 0 spiro atoms. The van der Waals surface area contributed by atoms with Crippen molar-refractivity contribution < 1.29 is 13.2 Å². The largest absolute Gasteiger partial charge is 0.368 e. The van der Waals surface area contributed by atoms with Crippen LogP contribution < -0.4 is 5.32 Å². The molecule has 0 aliphatic carbocycles. The molecule has 0 fully saturated rings. The lowest BCUT2D eigenvalue weighted by atomic mass is 10.2. The number of halogens is 3. The van der Waals surface area contributed by atoms with Crippen LogP contribution in [0.2, 0.25) is 0 Å². The highest BCUT2D eigenvalue weighted by Crippen LogP contribution is 2.14. The second-order valence-corrected chi connectivity index (χ2v) is 3.18. The SMILES string of the molecule is C#CCCCCNc1nc(F)c(F)cc1F. The number of anilines is 1. The fourth-order valence-electron chi connectivity index (χ4n) is 1.13. The third kappa shape index (κ3) is 3.46. The van der Waals surface area contributed by atoms with Crippen LogP contribution in [0.25, 0.3) is 0 Å². The Labute approximate surface area is 91.9 Å². The Morgan fingerprint density at radius 3 is 2.69 bits per heavy atom. The van der Waals surface area contributed by atoms with Crippen molar-refractivity contribution in [3.05, 3.63) is 23.6 Å². The number of pyridine rings is 1. The Kier molecular flexibility index (Phi) is 4.65. The molecule has 5 heteroatoms. The van der Waals surface area contributed by atoms with Gasteiger partial charge in [0.05, 0.1) is 0 Å². The van der Waals surface area contributed by atoms with Gasteiger partial charge in [0.2, 0.25) is 0 Å². The molecule has 1 aromatic heterocycles. The molecular weight excluding hydrogens is 217 g/mol. The number of terminal acetylenes is 1. The quantitative estimate of drug-likeness (QED) is 0.476. The van der Waals surface area contributed by atoms with Crippen LogP contribution in [0.3, 0.4) is 0 Å². The van der Waals surface area contributed by atoms with Gasteiger partial charge >= 0.3 is 0 Å². The molecule has 1 aromatic rings. The number of hydrogen-bond acceptors (Lipinski definition) is 2. The summed E-state index contributed by atoms with van der Waals surface area (Å²) in [4.78, 5) is 3.12. The van der Waals surface area contributed by atoms with Gasteiger partial charge in [0.15, 0.2) is 17.5 Å². The first-order valence-electron chi connectivity index (χ1n) is 4.84. The second-order valence-electron chi connectivity index (χ2n) is 3.18. The molecule has 0 aliphatic rings. The highest BCUT2D eigenvalue weighted by atomic mass is 19.2. The zero-order valence-corrected chi connectivity index (χ0v) is 8.56. The maximum absolute atomic E-state index is 13.0. The summed E-state index contributed by atoms with van der Waals surface area (Å²) in [6, 6.07) is 0.464. The van der Waals surface area contributed by atoms with Gasteiger partial charge in [0.1, 0.15) is 0 Å². The van der Waals surface area contributed by atoms with E-state index in [9.17, 15) is 13.2 Å². The van der Waals surface area contributed by atoms with Crippen LogP contribution in [0.1, 0.15) is 19.3 Å². The summed E-state index contributed by atoms with van der Waals surface area (Å²) in [7, 11) is 0. The molecule has 0 bridgehead atoms. The lowest BCUT2D eigenvalue weighted by Crippen LogP contribution is -2.07. The lowest BCUT2D eigenvalue weighted by molar-refractivity contribution is 0.466. The van der Waals surface area contributed by atoms with Crippen LogP contribution in [-0.4, -0.2) is 11.5 Å². The van der Waals surface area contributed by atoms with Gasteiger partial charge in [0, 0.05) is 19.0 Å². The third-order valence-electron chi connectivity index (χ3n) is 1.93. The zero-order chi connectivity index (χ0) is 12.0. The highest BCUT2D eigenvalue weighted by Gasteiger charge is 2.10. The summed E-state index contributed by atoms with van der Waals surface area (Å²) >= 11 is 0. The van der Waals surface area contributed by atoms with Gasteiger partial charge in [-0.05, 0) is 12.8 Å². The standard InChI is InChI=1S/C11H11F3N2/c1-2-3-4-5-6-15-11-9(13)7-8(12)10(14)16-11/h1,7H,3-6H2,(H,15,16). The van der Waals surface area contributed by atoms with E-state index in [1.165, 1.54) is 0 Å². The van der Waals surface area contributed by atoms with E-state index >= 15 is 0 Å². The molecule has 16 heavy (non-hydrogen) atoms. The van der Waals surface area contributed by atoms with Crippen molar-refractivity contribution in [2.45, 2.75) is 19.3 Å². The predicted octanol–water partition coefficient (Wildman–Crippen LogP) is 2.71. The topological polar surface area (TPSA) is 24.9 Å². The van der Waals surface area contributed by atoms with Gasteiger partial charge in [-0.3, -0.25) is 0 Å². The first-order valence-corrected chi connectivity index (χ1v) is 4.84. The molecule has 86 valence electrons. The number of hydrogen-bond donors (Lipinski definition) is 1. The average Bonchev–Trinajstić information content (AvgIpc) is 2.25. The van der Waals surface area contributed by atoms with Gasteiger partial charge in [-0.2, -0.15) is 9.37 Å². The maximum Gasteiger partial charge on any atom is 0.251 e. The number of nitrogens with one attached hydrogen (secondary N) is 1. The summed E-state index contributed by atoms with van der Waals surface area (Å²) in [6.07, 6.45) is 7.18. The molecule has 0 amide bonds. The molecule has 0 saturated carbocycles. The van der Waals surface area contributed by atoms with Crippen molar-refractivity contribution in [1.29, 1.82) is 0 Å². The molecule has 0 radical (unpaired) electrons. The first kappa shape index (κ1) is 12.4. The smallest absolute Gasteiger partial charge is 0.251 e. The van der Waals surface area contributed by atoms with Crippen LogP contribution in [-0.2, 0) is 0 Å². The van der Waals surface area contributed by atoms with Crippen molar-refractivity contribution in [3.8, 4) is 12.3 Å². The van der Waals surface area contributed by atoms with E-state index in [1.807, 2.05) is 0 Å². The fourth-order valence-corrected chi connectivity index (χ4v) is 1.13. The van der Waals surface area contributed by atoms with Crippen LogP contribution in [0.15, 0.2) is 6.07 Å². The third-order valence-corrected chi connectivity index (χ3v) is 1.93.